The molecule has 0 unspecified atom stereocenters. The lowest BCUT2D eigenvalue weighted by Gasteiger charge is -2.22. The number of allylic oxidation sites excluding steroid dienone is 1. The molecule has 1 aromatic carbocycles. The van der Waals surface area contributed by atoms with Gasteiger partial charge in [-0.2, -0.15) is 0 Å². The van der Waals surface area contributed by atoms with Gasteiger partial charge >= 0.3 is 0 Å². The molecule has 1 aliphatic carbocycles. The van der Waals surface area contributed by atoms with Gasteiger partial charge in [-0.1, -0.05) is 49.1 Å². The third-order valence-electron chi connectivity index (χ3n) is 3.93. The van der Waals surface area contributed by atoms with Gasteiger partial charge in [0.15, 0.2) is 0 Å². The Kier molecular flexibility index (Phi) is 6.27. The molecule has 0 bridgehead atoms. The molecule has 1 aromatic rings. The summed E-state index contributed by atoms with van der Waals surface area (Å²) < 4.78 is 0. The van der Waals surface area contributed by atoms with Crippen LogP contribution < -0.4 is 5.73 Å². The first-order chi connectivity index (χ1) is 10.2. The summed E-state index contributed by atoms with van der Waals surface area (Å²) in [5.41, 5.74) is 8.27. The number of nitrogens with two attached hydrogens (primary N) is 1. The van der Waals surface area contributed by atoms with Crippen LogP contribution in [-0.2, 0) is 6.54 Å². The minimum atomic E-state index is -0.127. The van der Waals surface area contributed by atoms with Crippen molar-refractivity contribution in [2.45, 2.75) is 38.6 Å². The number of benzene rings is 1. The van der Waals surface area contributed by atoms with E-state index < -0.39 is 0 Å². The normalized spacial score (nSPS) is 18.0. The number of aliphatic imine (C=N–C) groups is 1. The lowest BCUT2D eigenvalue weighted by atomic mass is 9.85. The minimum absolute atomic E-state index is 0.127. The first-order valence-electron chi connectivity index (χ1n) is 7.55. The van der Waals surface area contributed by atoms with Crippen LogP contribution >= 0.6 is 11.6 Å². The van der Waals surface area contributed by atoms with Crippen LogP contribution in [0.3, 0.4) is 0 Å². The Hall–Kier alpha value is -1.32. The molecule has 0 radical (unpaired) electrons. The van der Waals surface area contributed by atoms with E-state index in [1.807, 2.05) is 30.3 Å². The molecule has 0 atom stereocenters. The smallest absolute Gasteiger partial charge is 0.0826 e. The van der Waals surface area contributed by atoms with Crippen molar-refractivity contribution in [1.29, 1.82) is 0 Å². The largest absolute Gasteiger partial charge is 0.400 e. The van der Waals surface area contributed by atoms with Crippen molar-refractivity contribution in [3.05, 3.63) is 46.6 Å². The molecule has 3 N–H and O–H groups in total. The molecule has 0 aliphatic heterocycles. The highest BCUT2D eigenvalue weighted by atomic mass is 35.5. The number of halogens is 1. The van der Waals surface area contributed by atoms with Crippen LogP contribution in [0.5, 0.6) is 0 Å². The monoisotopic (exact) mass is 306 g/mol. The summed E-state index contributed by atoms with van der Waals surface area (Å²) in [6, 6.07) is 7.75. The Morgan fingerprint density at radius 1 is 1.29 bits per heavy atom. The van der Waals surface area contributed by atoms with Crippen LogP contribution in [0.1, 0.15) is 37.7 Å². The van der Waals surface area contributed by atoms with E-state index in [-0.39, 0.29) is 6.61 Å². The predicted molar refractivity (Wildman–Crippen MR) is 88.5 cm³/mol. The molecule has 4 heteroatoms. The van der Waals surface area contributed by atoms with Crippen molar-refractivity contribution in [2.24, 2.45) is 16.6 Å². The van der Waals surface area contributed by atoms with Gasteiger partial charge in [0.1, 0.15) is 0 Å². The van der Waals surface area contributed by atoms with E-state index in [2.05, 4.69) is 0 Å². The van der Waals surface area contributed by atoms with Crippen LogP contribution in [0, 0.1) is 5.92 Å². The first kappa shape index (κ1) is 16.1. The lowest BCUT2D eigenvalue weighted by Crippen LogP contribution is -2.18. The standard InChI is InChI=1S/C17H23ClN2O/c18-16-9-5-4-8-14(16)11-20-17(10-15(19)12-21)13-6-2-1-3-7-13/h4-5,8-10,13,21H,1-3,6-7,11-12,19H2. The molecule has 0 amide bonds. The highest BCUT2D eigenvalue weighted by molar-refractivity contribution is 6.31. The average molecular weight is 307 g/mol. The number of aliphatic hydroxyl groups excluding tert-OH is 1. The predicted octanol–water partition coefficient (Wildman–Crippen LogP) is 3.70. The molecule has 114 valence electrons. The fourth-order valence-corrected chi connectivity index (χ4v) is 2.93. The van der Waals surface area contributed by atoms with Gasteiger partial charge in [0.05, 0.1) is 13.2 Å². The van der Waals surface area contributed by atoms with Gasteiger partial charge in [-0.15, -0.1) is 0 Å². The first-order valence-corrected chi connectivity index (χ1v) is 7.93. The molecule has 2 rings (SSSR count). The maximum absolute atomic E-state index is 9.14. The van der Waals surface area contributed by atoms with Gasteiger partial charge in [-0.3, -0.25) is 4.99 Å². The van der Waals surface area contributed by atoms with Gasteiger partial charge in [0, 0.05) is 22.3 Å². The molecular formula is C17H23ClN2O. The quantitative estimate of drug-likeness (QED) is 0.815. The lowest BCUT2D eigenvalue weighted by molar-refractivity contribution is 0.329. The zero-order valence-electron chi connectivity index (χ0n) is 12.3. The number of aliphatic hydroxyl groups is 1. The second-order valence-corrected chi connectivity index (χ2v) is 5.95. The Morgan fingerprint density at radius 3 is 2.67 bits per heavy atom. The summed E-state index contributed by atoms with van der Waals surface area (Å²) in [7, 11) is 0. The van der Waals surface area contributed by atoms with Crippen molar-refractivity contribution >= 4 is 17.3 Å². The molecule has 0 saturated heterocycles. The molecule has 3 nitrogen and oxygen atoms in total. The Bertz CT molecular complexity index is 519. The molecule has 1 aliphatic rings. The maximum atomic E-state index is 9.14. The zero-order valence-corrected chi connectivity index (χ0v) is 13.0. The molecular weight excluding hydrogens is 284 g/mol. The van der Waals surface area contributed by atoms with Gasteiger partial charge in [-0.25, -0.2) is 0 Å². The summed E-state index contributed by atoms with van der Waals surface area (Å²) in [5, 5.41) is 9.88. The fraction of sp³-hybridized carbons (Fsp3) is 0.471. The molecule has 1 fully saturated rings. The van der Waals surface area contributed by atoms with E-state index in [1.165, 1.54) is 19.3 Å². The Balaban J connectivity index is 2.17. The van der Waals surface area contributed by atoms with Crippen molar-refractivity contribution in [3.8, 4) is 0 Å². The van der Waals surface area contributed by atoms with E-state index in [9.17, 15) is 0 Å². The summed E-state index contributed by atoms with van der Waals surface area (Å²) in [6.07, 6.45) is 7.92. The van der Waals surface area contributed by atoms with E-state index in [1.54, 1.807) is 0 Å². The molecule has 0 spiro atoms. The van der Waals surface area contributed by atoms with Crippen LogP contribution in [0.15, 0.2) is 41.0 Å². The summed E-state index contributed by atoms with van der Waals surface area (Å²) in [5.74, 6) is 0.450. The van der Waals surface area contributed by atoms with E-state index in [4.69, 9.17) is 27.4 Å². The van der Waals surface area contributed by atoms with E-state index in [0.717, 1.165) is 29.1 Å². The number of hydrogen-bond acceptors (Lipinski definition) is 3. The van der Waals surface area contributed by atoms with Crippen LogP contribution in [-0.4, -0.2) is 17.4 Å². The van der Waals surface area contributed by atoms with Crippen molar-refractivity contribution < 1.29 is 5.11 Å². The number of rotatable bonds is 5. The second-order valence-electron chi connectivity index (χ2n) is 5.54. The summed E-state index contributed by atoms with van der Waals surface area (Å²) in [6.45, 7) is 0.429. The van der Waals surface area contributed by atoms with Gasteiger partial charge in [-0.05, 0) is 30.5 Å². The number of hydrogen-bond donors (Lipinski definition) is 2. The Labute approximate surface area is 131 Å². The number of nitrogens with zero attached hydrogens (tertiary/aromatic N) is 1. The third kappa shape index (κ3) is 4.87. The van der Waals surface area contributed by atoms with E-state index >= 15 is 0 Å². The molecule has 1 saturated carbocycles. The van der Waals surface area contributed by atoms with Crippen molar-refractivity contribution in [2.75, 3.05) is 6.61 Å². The van der Waals surface area contributed by atoms with Crippen LogP contribution in [0.25, 0.3) is 0 Å². The highest BCUT2D eigenvalue weighted by Gasteiger charge is 2.18. The van der Waals surface area contributed by atoms with Gasteiger partial charge in [0.2, 0.25) is 0 Å². The second kappa shape index (κ2) is 8.20. The average Bonchev–Trinajstić information content (AvgIpc) is 2.53. The molecule has 0 heterocycles. The highest BCUT2D eigenvalue weighted by Crippen LogP contribution is 2.26. The molecule has 21 heavy (non-hydrogen) atoms. The topological polar surface area (TPSA) is 58.6 Å². The molecule has 0 aromatic heterocycles. The zero-order chi connectivity index (χ0) is 15.1. The fourth-order valence-electron chi connectivity index (χ4n) is 2.73. The minimum Gasteiger partial charge on any atom is -0.400 e. The van der Waals surface area contributed by atoms with Crippen LogP contribution in [0.2, 0.25) is 5.02 Å². The third-order valence-corrected chi connectivity index (χ3v) is 4.30. The van der Waals surface area contributed by atoms with Crippen molar-refractivity contribution in [1.82, 2.24) is 0 Å². The SMILES string of the molecule is NC(=CC(=NCc1ccccc1Cl)C1CCCCC1)CO. The summed E-state index contributed by atoms with van der Waals surface area (Å²) in [4.78, 5) is 4.73. The van der Waals surface area contributed by atoms with E-state index in [0.29, 0.717) is 18.2 Å². The maximum Gasteiger partial charge on any atom is 0.0826 e. The Morgan fingerprint density at radius 2 is 2.00 bits per heavy atom. The van der Waals surface area contributed by atoms with Crippen molar-refractivity contribution in [3.63, 3.8) is 0 Å². The van der Waals surface area contributed by atoms with Gasteiger partial charge < -0.3 is 10.8 Å². The van der Waals surface area contributed by atoms with Crippen LogP contribution in [0.4, 0.5) is 0 Å². The summed E-state index contributed by atoms with van der Waals surface area (Å²) >= 11 is 6.18. The van der Waals surface area contributed by atoms with Gasteiger partial charge in [0.25, 0.3) is 0 Å².